The SMILES string of the molecule is CN1C(=O)N(c2cc(OC3CCCC3)c(Cl)cc2F)CC(=O)C1C(F)(F)F. The van der Waals surface area contributed by atoms with Crippen LogP contribution in [-0.2, 0) is 4.79 Å². The van der Waals surface area contributed by atoms with Crippen LogP contribution in [0.3, 0.4) is 0 Å². The number of amides is 2. The molecule has 10 heteroatoms. The van der Waals surface area contributed by atoms with Crippen LogP contribution < -0.4 is 9.64 Å². The minimum absolute atomic E-state index is 0.0135. The topological polar surface area (TPSA) is 49.9 Å². The van der Waals surface area contributed by atoms with Gasteiger partial charge in [0.2, 0.25) is 0 Å². The maximum absolute atomic E-state index is 14.4. The van der Waals surface area contributed by atoms with Gasteiger partial charge in [0, 0.05) is 13.1 Å². The standard InChI is InChI=1S/C17H17ClF4N2O3/c1-23-15(17(20,21)22)13(25)8-24(16(23)26)12-7-14(10(18)6-11(12)19)27-9-4-2-3-5-9/h6-7,9,15H,2-5,8H2,1H3. The zero-order valence-electron chi connectivity index (χ0n) is 14.4. The van der Waals surface area contributed by atoms with Crippen molar-refractivity contribution >= 4 is 29.1 Å². The molecule has 27 heavy (non-hydrogen) atoms. The molecule has 0 spiro atoms. The first kappa shape index (κ1) is 19.7. The van der Waals surface area contributed by atoms with Gasteiger partial charge in [-0.3, -0.25) is 9.69 Å². The molecule has 1 aromatic carbocycles. The van der Waals surface area contributed by atoms with Gasteiger partial charge in [0.1, 0.15) is 11.6 Å². The van der Waals surface area contributed by atoms with Gasteiger partial charge in [-0.15, -0.1) is 0 Å². The number of ketones is 1. The highest BCUT2D eigenvalue weighted by atomic mass is 35.5. The van der Waals surface area contributed by atoms with E-state index in [1.54, 1.807) is 0 Å². The summed E-state index contributed by atoms with van der Waals surface area (Å²) in [7, 11) is 0.855. The van der Waals surface area contributed by atoms with E-state index in [1.807, 2.05) is 0 Å². The molecule has 5 nitrogen and oxygen atoms in total. The number of urea groups is 1. The Labute approximate surface area is 157 Å². The second kappa shape index (κ2) is 7.18. The fourth-order valence-corrected chi connectivity index (χ4v) is 3.61. The van der Waals surface area contributed by atoms with Gasteiger partial charge < -0.3 is 9.64 Å². The Bertz CT molecular complexity index is 765. The Hall–Kier alpha value is -2.03. The average Bonchev–Trinajstić information content (AvgIpc) is 3.05. The lowest BCUT2D eigenvalue weighted by Crippen LogP contribution is -2.63. The number of hydrogen-bond donors (Lipinski definition) is 0. The number of rotatable bonds is 3. The van der Waals surface area contributed by atoms with Gasteiger partial charge in [-0.25, -0.2) is 9.18 Å². The Morgan fingerprint density at radius 3 is 2.41 bits per heavy atom. The highest BCUT2D eigenvalue weighted by Gasteiger charge is 2.53. The Morgan fingerprint density at radius 2 is 1.81 bits per heavy atom. The van der Waals surface area contributed by atoms with Crippen molar-refractivity contribution in [1.82, 2.24) is 4.90 Å². The van der Waals surface area contributed by atoms with Crippen LogP contribution in [0, 0.1) is 5.82 Å². The summed E-state index contributed by atoms with van der Waals surface area (Å²) in [6, 6.07) is -1.60. The monoisotopic (exact) mass is 408 g/mol. The Balaban J connectivity index is 1.91. The molecule has 0 N–H and O–H groups in total. The minimum Gasteiger partial charge on any atom is -0.489 e. The fourth-order valence-electron chi connectivity index (χ4n) is 3.42. The molecule has 1 aliphatic carbocycles. The van der Waals surface area contributed by atoms with Gasteiger partial charge in [-0.1, -0.05) is 11.6 Å². The van der Waals surface area contributed by atoms with Gasteiger partial charge in [0.05, 0.1) is 23.4 Å². The van der Waals surface area contributed by atoms with Crippen LogP contribution in [0.15, 0.2) is 12.1 Å². The second-order valence-electron chi connectivity index (χ2n) is 6.65. The molecule has 1 heterocycles. The molecule has 0 radical (unpaired) electrons. The smallest absolute Gasteiger partial charge is 0.416 e. The van der Waals surface area contributed by atoms with Crippen LogP contribution >= 0.6 is 11.6 Å². The molecular formula is C17H17ClF4N2O3. The van der Waals surface area contributed by atoms with Crippen LogP contribution in [0.1, 0.15) is 25.7 Å². The van der Waals surface area contributed by atoms with E-state index < -0.39 is 36.4 Å². The quantitative estimate of drug-likeness (QED) is 0.705. The van der Waals surface area contributed by atoms with Crippen molar-refractivity contribution in [3.63, 3.8) is 0 Å². The van der Waals surface area contributed by atoms with Crippen LogP contribution in [0.4, 0.5) is 28.0 Å². The van der Waals surface area contributed by atoms with Crippen molar-refractivity contribution in [3.8, 4) is 5.75 Å². The molecule has 148 valence electrons. The summed E-state index contributed by atoms with van der Waals surface area (Å²) >= 11 is 6.00. The number of alkyl halides is 3. The maximum atomic E-state index is 14.4. The van der Waals surface area contributed by atoms with Crippen molar-refractivity contribution in [2.45, 2.75) is 44.0 Å². The van der Waals surface area contributed by atoms with E-state index in [0.717, 1.165) is 44.9 Å². The first-order chi connectivity index (χ1) is 12.6. The zero-order valence-corrected chi connectivity index (χ0v) is 15.1. The fraction of sp³-hybridized carbons (Fsp3) is 0.529. The summed E-state index contributed by atoms with van der Waals surface area (Å²) < 4.78 is 59.2. The van der Waals surface area contributed by atoms with Gasteiger partial charge in [0.15, 0.2) is 11.8 Å². The van der Waals surface area contributed by atoms with Crippen molar-refractivity contribution in [1.29, 1.82) is 0 Å². The number of ether oxygens (including phenoxy) is 1. The van der Waals surface area contributed by atoms with Gasteiger partial charge >= 0.3 is 12.2 Å². The molecule has 2 fully saturated rings. The molecule has 2 aliphatic rings. The molecule has 1 aliphatic heterocycles. The third-order valence-corrected chi connectivity index (χ3v) is 5.03. The minimum atomic E-state index is -4.90. The summed E-state index contributed by atoms with van der Waals surface area (Å²) in [6.45, 7) is -0.894. The molecule has 3 rings (SSSR count). The normalized spacial score (nSPS) is 21.9. The lowest BCUT2D eigenvalue weighted by molar-refractivity contribution is -0.181. The highest BCUT2D eigenvalue weighted by Crippen LogP contribution is 2.37. The number of anilines is 1. The summed E-state index contributed by atoms with van der Waals surface area (Å²) in [6.07, 6.45) is -1.42. The van der Waals surface area contributed by atoms with Crippen molar-refractivity contribution in [2.24, 2.45) is 0 Å². The lowest BCUT2D eigenvalue weighted by atomic mass is 10.1. The van der Waals surface area contributed by atoms with Crippen molar-refractivity contribution < 1.29 is 31.9 Å². The average molecular weight is 409 g/mol. The third-order valence-electron chi connectivity index (χ3n) is 4.74. The Morgan fingerprint density at radius 1 is 1.19 bits per heavy atom. The van der Waals surface area contributed by atoms with E-state index in [4.69, 9.17) is 16.3 Å². The zero-order chi connectivity index (χ0) is 19.9. The van der Waals surface area contributed by atoms with E-state index in [0.29, 0.717) is 4.90 Å². The summed E-state index contributed by atoms with van der Waals surface area (Å²) in [5, 5.41) is -0.0135. The molecule has 1 unspecified atom stereocenters. The predicted octanol–water partition coefficient (Wildman–Crippen LogP) is 4.17. The predicted molar refractivity (Wildman–Crippen MR) is 89.6 cm³/mol. The van der Waals surface area contributed by atoms with E-state index in [1.165, 1.54) is 0 Å². The van der Waals surface area contributed by atoms with Gasteiger partial charge in [-0.05, 0) is 31.7 Å². The summed E-state index contributed by atoms with van der Waals surface area (Å²) in [4.78, 5) is 25.3. The van der Waals surface area contributed by atoms with E-state index in [2.05, 4.69) is 0 Å². The van der Waals surface area contributed by atoms with Crippen LogP contribution in [-0.4, -0.2) is 48.6 Å². The largest absolute Gasteiger partial charge is 0.489 e. The first-order valence-corrected chi connectivity index (χ1v) is 8.77. The van der Waals surface area contributed by atoms with Crippen LogP contribution in [0.5, 0.6) is 5.75 Å². The molecule has 2 amide bonds. The number of carbonyl (C=O) groups is 2. The number of halogens is 5. The number of carbonyl (C=O) groups excluding carboxylic acids is 2. The molecule has 1 aromatic rings. The van der Waals surface area contributed by atoms with Gasteiger partial charge in [-0.2, -0.15) is 13.2 Å². The third kappa shape index (κ3) is 3.83. The van der Waals surface area contributed by atoms with E-state index in [9.17, 15) is 27.2 Å². The van der Waals surface area contributed by atoms with Gasteiger partial charge in [0.25, 0.3) is 0 Å². The molecule has 1 saturated heterocycles. The molecule has 0 bridgehead atoms. The summed E-state index contributed by atoms with van der Waals surface area (Å²) in [5.41, 5.74) is -0.349. The number of nitrogens with zero attached hydrogens (tertiary/aromatic N) is 2. The van der Waals surface area contributed by atoms with Crippen molar-refractivity contribution in [3.05, 3.63) is 23.0 Å². The molecule has 1 saturated carbocycles. The molecular weight excluding hydrogens is 392 g/mol. The van der Waals surface area contributed by atoms with Crippen LogP contribution in [0.2, 0.25) is 5.02 Å². The number of hydrogen-bond acceptors (Lipinski definition) is 3. The molecule has 0 aromatic heterocycles. The number of likely N-dealkylation sites (N-methyl/N-ethyl adjacent to an activating group) is 1. The first-order valence-electron chi connectivity index (χ1n) is 8.39. The summed E-state index contributed by atoms with van der Waals surface area (Å²) in [5.74, 6) is -2.06. The Kier molecular flexibility index (Phi) is 5.24. The number of Topliss-reactive ketones (excluding diaryl/α,β-unsaturated/α-hetero) is 1. The lowest BCUT2D eigenvalue weighted by Gasteiger charge is -2.38. The maximum Gasteiger partial charge on any atom is 0.416 e. The second-order valence-corrected chi connectivity index (χ2v) is 7.06. The van der Waals surface area contributed by atoms with Crippen LogP contribution in [0.25, 0.3) is 0 Å². The van der Waals surface area contributed by atoms with E-state index >= 15 is 0 Å². The molecule has 1 atom stereocenters. The van der Waals surface area contributed by atoms with E-state index in [-0.39, 0.29) is 27.5 Å². The van der Waals surface area contributed by atoms with Crippen molar-refractivity contribution in [2.75, 3.05) is 18.5 Å². The highest BCUT2D eigenvalue weighted by molar-refractivity contribution is 6.32. The number of benzene rings is 1.